The molecule has 2 fully saturated rings. The van der Waals surface area contributed by atoms with Gasteiger partial charge in [0.25, 0.3) is 5.91 Å². The molecule has 3 aromatic rings. The first kappa shape index (κ1) is 18.1. The van der Waals surface area contributed by atoms with E-state index in [0.29, 0.717) is 28.8 Å². The van der Waals surface area contributed by atoms with E-state index in [1.807, 2.05) is 35.2 Å². The van der Waals surface area contributed by atoms with Crippen molar-refractivity contribution in [3.63, 3.8) is 0 Å². The van der Waals surface area contributed by atoms with Gasteiger partial charge in [-0.2, -0.15) is 0 Å². The minimum absolute atomic E-state index is 0.00197. The molecular formula is C21H23N5O3. The van der Waals surface area contributed by atoms with E-state index in [9.17, 15) is 4.79 Å². The molecule has 8 heteroatoms. The van der Waals surface area contributed by atoms with Gasteiger partial charge in [0.2, 0.25) is 11.8 Å². The highest BCUT2D eigenvalue weighted by molar-refractivity contribution is 5.96. The molecule has 2 aliphatic heterocycles. The average Bonchev–Trinajstić information content (AvgIpc) is 3.38. The lowest BCUT2D eigenvalue weighted by molar-refractivity contribution is 0.0113. The van der Waals surface area contributed by atoms with Crippen LogP contribution in [0.3, 0.4) is 0 Å². The molecule has 2 aromatic heterocycles. The monoisotopic (exact) mass is 393 g/mol. The van der Waals surface area contributed by atoms with Crippen LogP contribution in [0.15, 0.2) is 39.3 Å². The number of carbonyl (C=O) groups excluding carboxylic acids is 1. The number of likely N-dealkylation sites (tertiary alicyclic amines) is 2. The van der Waals surface area contributed by atoms with Crippen LogP contribution < -0.4 is 0 Å². The Kier molecular flexibility index (Phi) is 4.06. The Balaban J connectivity index is 1.29. The zero-order chi connectivity index (χ0) is 20.2. The van der Waals surface area contributed by atoms with E-state index in [-0.39, 0.29) is 17.4 Å². The Hall–Kier alpha value is -3.00. The van der Waals surface area contributed by atoms with E-state index in [2.05, 4.69) is 27.3 Å². The van der Waals surface area contributed by atoms with Crippen LogP contribution in [0.5, 0.6) is 0 Å². The van der Waals surface area contributed by atoms with E-state index in [1.54, 1.807) is 13.8 Å². The van der Waals surface area contributed by atoms with E-state index < -0.39 is 0 Å². The summed E-state index contributed by atoms with van der Waals surface area (Å²) in [6.45, 7) is 5.92. The molecule has 0 radical (unpaired) electrons. The number of rotatable bonds is 3. The molecule has 5 rings (SSSR count). The van der Waals surface area contributed by atoms with Crippen LogP contribution in [0.2, 0.25) is 0 Å². The molecule has 1 unspecified atom stereocenters. The first-order valence-corrected chi connectivity index (χ1v) is 9.77. The third kappa shape index (κ3) is 2.95. The fraction of sp³-hybridized carbons (Fsp3) is 0.429. The molecule has 0 aliphatic carbocycles. The van der Waals surface area contributed by atoms with Crippen molar-refractivity contribution < 1.29 is 13.7 Å². The van der Waals surface area contributed by atoms with Crippen LogP contribution in [0, 0.1) is 19.3 Å². The molecule has 0 saturated carbocycles. The van der Waals surface area contributed by atoms with E-state index >= 15 is 0 Å². The highest BCUT2D eigenvalue weighted by Gasteiger charge is 2.53. The summed E-state index contributed by atoms with van der Waals surface area (Å²) in [4.78, 5) is 17.0. The third-order valence-electron chi connectivity index (χ3n) is 6.08. The lowest BCUT2D eigenvalue weighted by Crippen LogP contribution is -2.59. The number of amides is 1. The summed E-state index contributed by atoms with van der Waals surface area (Å²) in [5.41, 5.74) is 2.22. The largest absolute Gasteiger partial charge is 0.419 e. The second-order valence-electron chi connectivity index (χ2n) is 8.31. The molecule has 2 aliphatic rings. The molecular weight excluding hydrogens is 370 g/mol. The summed E-state index contributed by atoms with van der Waals surface area (Å²) in [6, 6.07) is 9.85. The van der Waals surface area contributed by atoms with Crippen LogP contribution in [-0.2, 0) is 0 Å². The standard InChI is InChI=1S/C21H23N5O3/c1-13-17(14(2)29-24-13)20(27)26-11-21(12-26)9-16(25(3)10-21)19-23-22-18(28-19)15-7-5-4-6-8-15/h4-8,16H,9-12H2,1-3H3. The first-order chi connectivity index (χ1) is 14.0. The second kappa shape index (κ2) is 6.52. The maximum Gasteiger partial charge on any atom is 0.259 e. The van der Waals surface area contributed by atoms with Gasteiger partial charge in [-0.15, -0.1) is 10.2 Å². The smallest absolute Gasteiger partial charge is 0.259 e. The topological polar surface area (TPSA) is 88.5 Å². The average molecular weight is 393 g/mol. The highest BCUT2D eigenvalue weighted by atomic mass is 16.5. The number of hydrogen-bond acceptors (Lipinski definition) is 7. The third-order valence-corrected chi connectivity index (χ3v) is 6.08. The molecule has 0 bridgehead atoms. The fourth-order valence-corrected chi connectivity index (χ4v) is 4.69. The van der Waals surface area contributed by atoms with E-state index in [4.69, 9.17) is 8.94 Å². The van der Waals surface area contributed by atoms with Crippen LogP contribution in [0.25, 0.3) is 11.5 Å². The van der Waals surface area contributed by atoms with Crippen molar-refractivity contribution in [2.45, 2.75) is 26.3 Å². The van der Waals surface area contributed by atoms with Gasteiger partial charge in [0.1, 0.15) is 11.3 Å². The lowest BCUT2D eigenvalue weighted by atomic mass is 9.77. The maximum atomic E-state index is 12.8. The Morgan fingerprint density at radius 3 is 2.59 bits per heavy atom. The zero-order valence-electron chi connectivity index (χ0n) is 16.8. The highest BCUT2D eigenvalue weighted by Crippen LogP contribution is 2.48. The Bertz CT molecular complexity index is 1030. The van der Waals surface area contributed by atoms with Gasteiger partial charge < -0.3 is 13.8 Å². The van der Waals surface area contributed by atoms with Gasteiger partial charge in [0, 0.05) is 30.6 Å². The van der Waals surface area contributed by atoms with Gasteiger partial charge in [0.15, 0.2) is 0 Å². The van der Waals surface area contributed by atoms with Gasteiger partial charge in [-0.3, -0.25) is 9.69 Å². The minimum atomic E-state index is 0.00197. The molecule has 150 valence electrons. The normalized spacial score (nSPS) is 20.9. The number of aryl methyl sites for hydroxylation is 2. The van der Waals surface area contributed by atoms with Gasteiger partial charge in [-0.1, -0.05) is 23.4 Å². The Morgan fingerprint density at radius 2 is 1.90 bits per heavy atom. The number of nitrogens with zero attached hydrogens (tertiary/aromatic N) is 5. The quantitative estimate of drug-likeness (QED) is 0.676. The van der Waals surface area contributed by atoms with Crippen LogP contribution in [0.4, 0.5) is 0 Å². The summed E-state index contributed by atoms with van der Waals surface area (Å²) in [7, 11) is 2.07. The number of hydrogen-bond donors (Lipinski definition) is 0. The minimum Gasteiger partial charge on any atom is -0.419 e. The molecule has 1 spiro atoms. The van der Waals surface area contributed by atoms with Crippen LogP contribution >= 0.6 is 0 Å². The number of benzene rings is 1. The van der Waals surface area contributed by atoms with Crippen LogP contribution in [0.1, 0.15) is 40.2 Å². The molecule has 4 heterocycles. The van der Waals surface area contributed by atoms with Crippen molar-refractivity contribution in [2.24, 2.45) is 5.41 Å². The van der Waals surface area contributed by atoms with Gasteiger partial charge in [-0.25, -0.2) is 0 Å². The molecule has 2 saturated heterocycles. The summed E-state index contributed by atoms with van der Waals surface area (Å²) in [6.07, 6.45) is 0.894. The van der Waals surface area contributed by atoms with Crippen molar-refractivity contribution in [3.05, 3.63) is 53.2 Å². The SMILES string of the molecule is Cc1noc(C)c1C(=O)N1CC2(CC(c3nnc(-c4ccccc4)o3)N(C)C2)C1. The zero-order valence-corrected chi connectivity index (χ0v) is 16.8. The van der Waals surface area contributed by atoms with Crippen molar-refractivity contribution in [2.75, 3.05) is 26.7 Å². The maximum absolute atomic E-state index is 12.8. The molecule has 8 nitrogen and oxygen atoms in total. The molecule has 29 heavy (non-hydrogen) atoms. The summed E-state index contributed by atoms with van der Waals surface area (Å²) in [5.74, 6) is 1.76. The molecule has 1 atom stereocenters. The van der Waals surface area contributed by atoms with E-state index in [0.717, 1.165) is 31.6 Å². The second-order valence-corrected chi connectivity index (χ2v) is 8.31. The van der Waals surface area contributed by atoms with Gasteiger partial charge in [-0.05, 0) is 39.4 Å². The summed E-state index contributed by atoms with van der Waals surface area (Å²) in [5, 5.41) is 12.4. The van der Waals surface area contributed by atoms with Crippen molar-refractivity contribution >= 4 is 5.91 Å². The van der Waals surface area contributed by atoms with Gasteiger partial charge >= 0.3 is 0 Å². The molecule has 1 aromatic carbocycles. The summed E-state index contributed by atoms with van der Waals surface area (Å²) >= 11 is 0. The van der Waals surface area contributed by atoms with Gasteiger partial charge in [0.05, 0.1) is 11.7 Å². The first-order valence-electron chi connectivity index (χ1n) is 9.77. The van der Waals surface area contributed by atoms with Crippen molar-refractivity contribution in [1.82, 2.24) is 25.2 Å². The Labute approximate surface area is 168 Å². The van der Waals surface area contributed by atoms with Crippen molar-refractivity contribution in [3.8, 4) is 11.5 Å². The molecule has 0 N–H and O–H groups in total. The number of carbonyl (C=O) groups is 1. The van der Waals surface area contributed by atoms with Crippen LogP contribution in [-0.4, -0.2) is 57.7 Å². The summed E-state index contributed by atoms with van der Waals surface area (Å²) < 4.78 is 11.1. The van der Waals surface area contributed by atoms with E-state index in [1.165, 1.54) is 0 Å². The fourth-order valence-electron chi connectivity index (χ4n) is 4.69. The Morgan fingerprint density at radius 1 is 1.14 bits per heavy atom. The predicted octanol–water partition coefficient (Wildman–Crippen LogP) is 2.86. The predicted molar refractivity (Wildman–Crippen MR) is 104 cm³/mol. The van der Waals surface area contributed by atoms with Crippen molar-refractivity contribution in [1.29, 1.82) is 0 Å². The molecule has 1 amide bonds. The number of aromatic nitrogens is 3. The lowest BCUT2D eigenvalue weighted by Gasteiger charge is -2.48.